The Balaban J connectivity index is 1.81. The minimum atomic E-state index is -1.84. The molecule has 0 saturated carbocycles. The van der Waals surface area contributed by atoms with E-state index in [1.54, 1.807) is 0 Å². The van der Waals surface area contributed by atoms with Gasteiger partial charge in [-0.05, 0) is 38.5 Å². The summed E-state index contributed by atoms with van der Waals surface area (Å²) in [7, 11) is 0. The molecule has 2 rings (SSSR count). The lowest BCUT2D eigenvalue weighted by Gasteiger charge is -2.47. The summed E-state index contributed by atoms with van der Waals surface area (Å²) in [4.78, 5) is 114. The van der Waals surface area contributed by atoms with Crippen LogP contribution >= 0.6 is 0 Å². The lowest BCUT2D eigenvalue weighted by molar-refractivity contribution is -0.348. The Morgan fingerprint density at radius 2 is 1.28 bits per heavy atom. The molecule has 2 fully saturated rings. The molecule has 4 unspecified atom stereocenters. The van der Waals surface area contributed by atoms with Gasteiger partial charge in [0.15, 0.2) is 18.5 Å². The summed E-state index contributed by atoms with van der Waals surface area (Å²) in [6.45, 7) is -2.78. The quantitative estimate of drug-likeness (QED) is 0.0165. The van der Waals surface area contributed by atoms with Gasteiger partial charge >= 0.3 is 11.9 Å². The molecule has 0 spiro atoms. The smallest absolute Gasteiger partial charge is 0.328 e. The van der Waals surface area contributed by atoms with Crippen molar-refractivity contribution in [3.63, 3.8) is 0 Å². The second kappa shape index (κ2) is 33.0. The number of rotatable bonds is 33. The van der Waals surface area contributed by atoms with Gasteiger partial charge in [-0.15, -0.1) is 0 Å². The first-order valence-electron chi connectivity index (χ1n) is 23.3. The summed E-state index contributed by atoms with van der Waals surface area (Å²) in [6, 6.07) is -7.32. The first-order chi connectivity index (χ1) is 34.9. The molecule has 7 amide bonds. The summed E-state index contributed by atoms with van der Waals surface area (Å²) in [5.74, 6) is -9.24. The zero-order valence-corrected chi connectivity index (χ0v) is 40.4. The van der Waals surface area contributed by atoms with Crippen molar-refractivity contribution in [1.29, 1.82) is 0 Å². The summed E-state index contributed by atoms with van der Waals surface area (Å²) in [5.41, 5.74) is 16.6. The number of carbonyl (C=O) groups excluding carboxylic acids is 7. The van der Waals surface area contributed by atoms with Crippen molar-refractivity contribution < 1.29 is 108 Å². The number of ether oxygens (including phenoxy) is 4. The summed E-state index contributed by atoms with van der Waals surface area (Å²) in [5, 5.41) is 105. The fourth-order valence-corrected chi connectivity index (χ4v) is 7.16. The number of aliphatic carboxylic acids is 2. The number of guanidine groups is 1. The van der Waals surface area contributed by atoms with E-state index < -0.39 is 172 Å². The molecule has 0 aromatic heterocycles. The van der Waals surface area contributed by atoms with E-state index in [-0.39, 0.29) is 63.7 Å². The number of amides is 7. The predicted molar refractivity (Wildman–Crippen MR) is 247 cm³/mol. The van der Waals surface area contributed by atoms with E-state index in [1.807, 2.05) is 10.6 Å². The normalized spacial score (nSPS) is 25.1. The van der Waals surface area contributed by atoms with E-state index in [0.29, 0.717) is 12.8 Å². The molecule has 33 heteroatoms. The molecule has 74 heavy (non-hydrogen) atoms. The van der Waals surface area contributed by atoms with Gasteiger partial charge in [-0.2, -0.15) is 0 Å². The van der Waals surface area contributed by atoms with Gasteiger partial charge in [0.1, 0.15) is 66.9 Å². The van der Waals surface area contributed by atoms with Crippen molar-refractivity contribution in [3.8, 4) is 0 Å². The second-order valence-corrected chi connectivity index (χ2v) is 17.0. The van der Waals surface area contributed by atoms with Gasteiger partial charge in [0.25, 0.3) is 0 Å². The lowest BCUT2D eigenvalue weighted by Crippen LogP contribution is -2.67. The number of hydrogen-bond donors (Lipinski definition) is 19. The van der Waals surface area contributed by atoms with Crippen molar-refractivity contribution in [2.45, 2.75) is 144 Å². The molecule has 2 saturated heterocycles. The van der Waals surface area contributed by atoms with Gasteiger partial charge < -0.3 is 119 Å². The van der Waals surface area contributed by atoms with Crippen molar-refractivity contribution in [3.05, 3.63) is 0 Å². The second-order valence-electron chi connectivity index (χ2n) is 17.0. The molecule has 2 aliphatic rings. The van der Waals surface area contributed by atoms with Crippen LogP contribution in [-0.4, -0.2) is 243 Å². The maximum atomic E-state index is 13.1. The van der Waals surface area contributed by atoms with Gasteiger partial charge in [0.05, 0.1) is 52.0 Å². The Morgan fingerprint density at radius 1 is 0.662 bits per heavy atom. The van der Waals surface area contributed by atoms with Crippen molar-refractivity contribution in [2.75, 3.05) is 52.6 Å². The van der Waals surface area contributed by atoms with E-state index in [4.69, 9.17) is 51.5 Å². The molecule has 422 valence electrons. The Kier molecular flexibility index (Phi) is 28.6. The zero-order valence-electron chi connectivity index (χ0n) is 40.4. The van der Waals surface area contributed by atoms with Gasteiger partial charge in [-0.3, -0.25) is 43.3 Å². The number of unbranched alkanes of at least 4 members (excludes halogenated alkanes) is 1. The molecule has 0 bridgehead atoms. The molecular formula is C41H71N11O22. The highest BCUT2D eigenvalue weighted by atomic mass is 16.7. The third-order valence-corrected chi connectivity index (χ3v) is 11.1. The number of aliphatic imine (C=N–C) groups is 1. The van der Waals surface area contributed by atoms with Crippen LogP contribution < -0.4 is 54.4 Å². The topological polar surface area (TPSA) is 547 Å². The highest BCUT2D eigenvalue weighted by Crippen LogP contribution is 2.30. The first-order valence-corrected chi connectivity index (χ1v) is 23.3. The maximum absolute atomic E-state index is 13.1. The molecule has 0 aliphatic carbocycles. The fourth-order valence-electron chi connectivity index (χ4n) is 7.16. The number of aliphatic hydroxyl groups is 7. The van der Waals surface area contributed by atoms with Crippen LogP contribution in [0.4, 0.5) is 0 Å². The molecule has 2 heterocycles. The highest BCUT2D eigenvalue weighted by molar-refractivity contribution is 5.95. The van der Waals surface area contributed by atoms with E-state index in [0.717, 1.165) is 6.92 Å². The molecule has 22 N–H and O–H groups in total. The van der Waals surface area contributed by atoms with Gasteiger partial charge in [-0.1, -0.05) is 0 Å². The molecular weight excluding hydrogens is 999 g/mol. The molecule has 14 atom stereocenters. The zero-order chi connectivity index (χ0) is 55.7. The molecule has 0 aromatic carbocycles. The van der Waals surface area contributed by atoms with Gasteiger partial charge in [0, 0.05) is 26.4 Å². The maximum Gasteiger partial charge on any atom is 0.328 e. The average Bonchev–Trinajstić information content (AvgIpc) is 3.34. The van der Waals surface area contributed by atoms with Crippen LogP contribution in [0, 0.1) is 0 Å². The van der Waals surface area contributed by atoms with Gasteiger partial charge in [0.2, 0.25) is 41.4 Å². The summed E-state index contributed by atoms with van der Waals surface area (Å²) < 4.78 is 22.5. The first kappa shape index (κ1) is 64.1. The van der Waals surface area contributed by atoms with Crippen LogP contribution in [0.3, 0.4) is 0 Å². The van der Waals surface area contributed by atoms with Crippen LogP contribution in [0.15, 0.2) is 4.99 Å². The van der Waals surface area contributed by atoms with Gasteiger partial charge in [-0.25, -0.2) is 4.79 Å². The largest absolute Gasteiger partial charge is 0.481 e. The summed E-state index contributed by atoms with van der Waals surface area (Å²) in [6.07, 6.45) is -14.1. The van der Waals surface area contributed by atoms with Crippen LogP contribution in [0.1, 0.15) is 58.3 Å². The average molecular weight is 1070 g/mol. The Labute approximate surface area is 422 Å². The highest BCUT2D eigenvalue weighted by Gasteiger charge is 2.51. The SMILES string of the molecule is CC(=O)NC1[C@H](OCCCC(=O)NCCCC[C@H](N)C(=O)NCC(=O)N[C@@H](CCCN=C(N)N)C(=O)NCC(=O)N[C@@H](CC(=O)O)C(=O)N[C@@H](CO)C(=O)O)OC(CO)[C@H](O[C@H]2O[C@H](CO)[C@@H](O)C(O)C2O)[C@@H]1O. The number of nitrogens with one attached hydrogen (secondary N) is 7. The number of carboxylic acid groups (broad SMARTS) is 2. The van der Waals surface area contributed by atoms with Crippen LogP contribution in [0.5, 0.6) is 0 Å². The van der Waals surface area contributed by atoms with Crippen LogP contribution in [0.25, 0.3) is 0 Å². The third-order valence-electron chi connectivity index (χ3n) is 11.1. The lowest BCUT2D eigenvalue weighted by atomic mass is 9.95. The number of carbonyl (C=O) groups is 9. The van der Waals surface area contributed by atoms with Crippen molar-refractivity contribution in [1.82, 2.24) is 37.2 Å². The van der Waals surface area contributed by atoms with E-state index in [2.05, 4.69) is 31.6 Å². The Morgan fingerprint density at radius 3 is 1.86 bits per heavy atom. The van der Waals surface area contributed by atoms with E-state index in [9.17, 15) is 73.8 Å². The number of nitrogens with zero attached hydrogens (tertiary/aromatic N) is 1. The Hall–Kier alpha value is -5.98. The summed E-state index contributed by atoms with van der Waals surface area (Å²) >= 11 is 0. The van der Waals surface area contributed by atoms with Crippen LogP contribution in [0.2, 0.25) is 0 Å². The number of hydrogen-bond acceptors (Lipinski definition) is 22. The minimum Gasteiger partial charge on any atom is -0.481 e. The number of nitrogens with two attached hydrogens (primary N) is 3. The van der Waals surface area contributed by atoms with E-state index in [1.165, 1.54) is 0 Å². The number of aliphatic hydroxyl groups excluding tert-OH is 7. The van der Waals surface area contributed by atoms with Crippen molar-refractivity contribution in [2.24, 2.45) is 22.2 Å². The number of carboxylic acids is 2. The minimum absolute atomic E-state index is 0.0319. The Bertz CT molecular complexity index is 1900. The molecule has 0 aromatic rings. The predicted octanol–water partition coefficient (Wildman–Crippen LogP) is -10.5. The molecule has 0 radical (unpaired) electrons. The molecule has 2 aliphatic heterocycles. The van der Waals surface area contributed by atoms with Crippen LogP contribution in [-0.2, 0) is 62.1 Å². The van der Waals surface area contributed by atoms with E-state index >= 15 is 0 Å². The molecule has 33 nitrogen and oxygen atoms in total. The standard InChI is InChI=1S/C41H71N11O22/c1-18(56)49-29-31(63)34(74-40-33(65)32(64)30(62)23(16-54)72-40)24(17-55)73-39(29)71-11-5-8-25(57)45-9-3-2-6-19(42)35(66)47-13-26(58)50-20(7-4-10-46-41(43)44)36(67)48-14-27(59)51-21(12-28(60)61)37(68)52-22(15-53)38(69)70/h19-24,29-34,39-40,53-55,62-65H,2-17,42H2,1H3,(H,45,57)(H,47,66)(H,48,67)(H,49,56)(H,50,58)(H,51,59)(H,52,68)(H,60,61)(H,69,70)(H4,43,44,46)/t19-,20-,21-,22-,23+,24?,29?,30+,31+,32?,33?,34-,39+,40+/m0/s1. The fraction of sp³-hybridized carbons (Fsp3) is 0.756. The monoisotopic (exact) mass is 1070 g/mol. The third kappa shape index (κ3) is 22.2. The van der Waals surface area contributed by atoms with Crippen molar-refractivity contribution >= 4 is 59.2 Å².